The molecule has 0 spiro atoms. The van der Waals surface area contributed by atoms with Gasteiger partial charge in [-0.25, -0.2) is 0 Å². The van der Waals surface area contributed by atoms with Crippen molar-refractivity contribution in [3.63, 3.8) is 0 Å². The predicted octanol–water partition coefficient (Wildman–Crippen LogP) is 5.31. The van der Waals surface area contributed by atoms with Gasteiger partial charge in [-0.3, -0.25) is 0 Å². The topological polar surface area (TPSA) is 71.3 Å². The van der Waals surface area contributed by atoms with Gasteiger partial charge in [-0.2, -0.15) is 0 Å². The van der Waals surface area contributed by atoms with Crippen molar-refractivity contribution in [3.8, 4) is 5.75 Å². The molecule has 3 atom stereocenters. The van der Waals surface area contributed by atoms with Gasteiger partial charge >= 0.3 is 0 Å². The molecule has 3 aromatic carbocycles. The van der Waals surface area contributed by atoms with Crippen LogP contribution in [0.3, 0.4) is 0 Å². The molecule has 1 fully saturated rings. The van der Waals surface area contributed by atoms with Crippen LogP contribution in [0.1, 0.15) is 48.1 Å². The Morgan fingerprint density at radius 3 is 2.55 bits per heavy atom. The average molecular weight is 466 g/mol. The van der Waals surface area contributed by atoms with Crippen molar-refractivity contribution >= 4 is 17.3 Å². The van der Waals surface area contributed by atoms with Crippen LogP contribution in [-0.4, -0.2) is 34.7 Å². The molecule has 5 nitrogen and oxygen atoms in total. The minimum Gasteiger partial charge on any atom is -0.394 e. The lowest BCUT2D eigenvalue weighted by Crippen LogP contribution is -2.33. The summed E-state index contributed by atoms with van der Waals surface area (Å²) in [5.41, 5.74) is 4.84. The van der Waals surface area contributed by atoms with Crippen LogP contribution in [0.15, 0.2) is 78.0 Å². The first-order valence-corrected chi connectivity index (χ1v) is 11.5. The van der Waals surface area contributed by atoms with Gasteiger partial charge in [-0.05, 0) is 53.8 Å². The fourth-order valence-electron chi connectivity index (χ4n) is 3.99. The highest BCUT2D eigenvalue weighted by Gasteiger charge is 2.29. The molecule has 4 rings (SSSR count). The van der Waals surface area contributed by atoms with Crippen LogP contribution in [0.4, 0.5) is 0 Å². The van der Waals surface area contributed by atoms with E-state index in [-0.39, 0.29) is 18.8 Å². The number of halogens is 1. The second kappa shape index (κ2) is 10.9. The number of hydrogen-bond donors (Lipinski definition) is 2. The third kappa shape index (κ3) is 6.21. The van der Waals surface area contributed by atoms with E-state index >= 15 is 0 Å². The van der Waals surface area contributed by atoms with Gasteiger partial charge in [-0.15, -0.1) is 0 Å². The first kappa shape index (κ1) is 23.5. The average Bonchev–Trinajstić information content (AvgIpc) is 2.84. The fourth-order valence-corrected chi connectivity index (χ4v) is 4.18. The normalized spacial score (nSPS) is 21.1. The smallest absolute Gasteiger partial charge is 0.157 e. The van der Waals surface area contributed by atoms with E-state index < -0.39 is 6.10 Å². The van der Waals surface area contributed by atoms with E-state index in [9.17, 15) is 10.2 Å². The highest BCUT2D eigenvalue weighted by atomic mass is 35.5. The summed E-state index contributed by atoms with van der Waals surface area (Å²) in [4.78, 5) is 5.48. The zero-order chi connectivity index (χ0) is 23.2. The number of aliphatic hydroxyl groups is 2. The molecule has 3 aromatic rings. The lowest BCUT2D eigenvalue weighted by Gasteiger charge is -2.32. The Hall–Kier alpha value is -2.70. The molecule has 0 amide bonds. The van der Waals surface area contributed by atoms with Gasteiger partial charge in [0.25, 0.3) is 0 Å². The second-order valence-corrected chi connectivity index (χ2v) is 8.77. The predicted molar refractivity (Wildman–Crippen MR) is 130 cm³/mol. The Morgan fingerprint density at radius 1 is 1.06 bits per heavy atom. The molecule has 3 unspecified atom stereocenters. The number of hydrogen-bond acceptors (Lipinski definition) is 5. The zero-order valence-corrected chi connectivity index (χ0v) is 19.3. The Labute approximate surface area is 199 Å². The molecule has 1 saturated heterocycles. The molecule has 1 aliphatic rings. The molecule has 1 heterocycles. The minimum absolute atomic E-state index is 0.0978. The number of aliphatic hydroxyl groups excluding tert-OH is 2. The highest BCUT2D eigenvalue weighted by molar-refractivity contribution is 6.31. The summed E-state index contributed by atoms with van der Waals surface area (Å²) in [5, 5.41) is 24.5. The van der Waals surface area contributed by atoms with Crippen molar-refractivity contribution in [1.82, 2.24) is 0 Å². The van der Waals surface area contributed by atoms with Crippen LogP contribution >= 0.6 is 11.6 Å². The minimum atomic E-state index is -0.483. The zero-order valence-electron chi connectivity index (χ0n) is 18.5. The molecule has 33 heavy (non-hydrogen) atoms. The second-order valence-electron chi connectivity index (χ2n) is 8.36. The summed E-state index contributed by atoms with van der Waals surface area (Å²) in [6.45, 7) is 1.82. The van der Waals surface area contributed by atoms with Crippen LogP contribution in [0, 0.1) is 0 Å². The number of oxime groups is 1. The maximum atomic E-state index is 10.1. The molecule has 6 heteroatoms. The standard InChI is InChI=1S/C27H28ClNO4/c1-18(29-33-24-5-3-2-4-6-24)20-9-7-19(8-10-20)13-22-14-21(11-12-26(22)28)27-16-23(31)15-25(17-30)32-27/h2-12,14,23,25,27,30-31H,13,15-17H2,1H3/b29-18+. The number of ether oxygens (including phenoxy) is 1. The summed E-state index contributed by atoms with van der Waals surface area (Å²) < 4.78 is 5.96. The van der Waals surface area contributed by atoms with Crippen LogP contribution in [0.5, 0.6) is 5.75 Å². The van der Waals surface area contributed by atoms with E-state index in [1.807, 2.05) is 67.6 Å². The first-order chi connectivity index (χ1) is 16.0. The largest absolute Gasteiger partial charge is 0.394 e. The van der Waals surface area contributed by atoms with E-state index in [0.29, 0.717) is 30.0 Å². The van der Waals surface area contributed by atoms with Crippen molar-refractivity contribution in [2.45, 2.75) is 44.5 Å². The van der Waals surface area contributed by atoms with Gasteiger partial charge in [0.15, 0.2) is 5.75 Å². The molecule has 1 aliphatic heterocycles. The monoisotopic (exact) mass is 465 g/mol. The highest BCUT2D eigenvalue weighted by Crippen LogP contribution is 2.33. The van der Waals surface area contributed by atoms with E-state index in [0.717, 1.165) is 28.0 Å². The quantitative estimate of drug-likeness (QED) is 0.366. The van der Waals surface area contributed by atoms with Crippen molar-refractivity contribution in [2.75, 3.05) is 6.61 Å². The SMILES string of the molecule is C/C(=N\Oc1ccccc1)c1ccc(Cc2cc(C3CC(O)CC(CO)O3)ccc2Cl)cc1. The van der Waals surface area contributed by atoms with Gasteiger partial charge in [-0.1, -0.05) is 71.4 Å². The maximum Gasteiger partial charge on any atom is 0.157 e. The molecular formula is C27H28ClNO4. The van der Waals surface area contributed by atoms with Crippen molar-refractivity contribution in [2.24, 2.45) is 5.16 Å². The Bertz CT molecular complexity index is 1090. The van der Waals surface area contributed by atoms with Crippen molar-refractivity contribution in [3.05, 3.63) is 100 Å². The van der Waals surface area contributed by atoms with Gasteiger partial charge in [0.05, 0.1) is 30.6 Å². The lowest BCUT2D eigenvalue weighted by molar-refractivity contribution is -0.113. The van der Waals surface area contributed by atoms with Gasteiger partial charge in [0.1, 0.15) is 0 Å². The van der Waals surface area contributed by atoms with E-state index in [4.69, 9.17) is 21.2 Å². The van der Waals surface area contributed by atoms with Gasteiger partial charge in [0.2, 0.25) is 0 Å². The van der Waals surface area contributed by atoms with E-state index in [2.05, 4.69) is 17.3 Å². The van der Waals surface area contributed by atoms with Crippen molar-refractivity contribution in [1.29, 1.82) is 0 Å². The van der Waals surface area contributed by atoms with Crippen LogP contribution in [0.25, 0.3) is 0 Å². The first-order valence-electron chi connectivity index (χ1n) is 11.1. The number of rotatable bonds is 7. The third-order valence-electron chi connectivity index (χ3n) is 5.82. The Morgan fingerprint density at radius 2 is 1.82 bits per heavy atom. The summed E-state index contributed by atoms with van der Waals surface area (Å²) in [6, 6.07) is 23.5. The Kier molecular flexibility index (Phi) is 7.78. The van der Waals surface area contributed by atoms with Crippen LogP contribution in [-0.2, 0) is 11.2 Å². The Balaban J connectivity index is 1.45. The number of para-hydroxylation sites is 1. The maximum absolute atomic E-state index is 10.1. The summed E-state index contributed by atoms with van der Waals surface area (Å²) in [7, 11) is 0. The molecule has 0 saturated carbocycles. The van der Waals surface area contributed by atoms with E-state index in [1.165, 1.54) is 0 Å². The molecular weight excluding hydrogens is 438 g/mol. The fraction of sp³-hybridized carbons (Fsp3) is 0.296. The molecule has 0 aromatic heterocycles. The van der Waals surface area contributed by atoms with Crippen molar-refractivity contribution < 1.29 is 19.8 Å². The number of benzene rings is 3. The number of nitrogens with zero attached hydrogens (tertiary/aromatic N) is 1. The summed E-state index contributed by atoms with van der Waals surface area (Å²) in [5.74, 6) is 0.697. The van der Waals surface area contributed by atoms with Gasteiger partial charge in [0, 0.05) is 17.9 Å². The molecule has 0 aliphatic carbocycles. The van der Waals surface area contributed by atoms with Crippen LogP contribution in [0.2, 0.25) is 5.02 Å². The lowest BCUT2D eigenvalue weighted by atomic mass is 9.94. The summed E-state index contributed by atoms with van der Waals surface area (Å²) >= 11 is 6.49. The molecule has 172 valence electrons. The third-order valence-corrected chi connectivity index (χ3v) is 6.19. The van der Waals surface area contributed by atoms with Crippen LogP contribution < -0.4 is 4.84 Å². The van der Waals surface area contributed by atoms with E-state index in [1.54, 1.807) is 0 Å². The van der Waals surface area contributed by atoms with Gasteiger partial charge < -0.3 is 19.8 Å². The molecule has 0 radical (unpaired) electrons. The molecule has 0 bridgehead atoms. The summed E-state index contributed by atoms with van der Waals surface area (Å²) in [6.07, 6.45) is 0.550. The molecule has 2 N–H and O–H groups in total.